The Morgan fingerprint density at radius 1 is 1.40 bits per heavy atom. The first-order valence-electron chi connectivity index (χ1n) is 8.28. The number of aromatic nitrogens is 1. The molecule has 1 saturated heterocycles. The number of nitrogens with zero attached hydrogens (tertiary/aromatic N) is 2. The number of rotatable bonds is 6. The largest absolute Gasteiger partial charge is 0.462 e. The Hall–Kier alpha value is -1.86. The number of thioether (sulfide) groups is 1. The molecule has 1 aliphatic heterocycles. The van der Waals surface area contributed by atoms with E-state index in [1.165, 1.54) is 16.6 Å². The van der Waals surface area contributed by atoms with Crippen molar-refractivity contribution in [3.05, 3.63) is 46.3 Å². The average molecular weight is 377 g/mol. The molecule has 1 aliphatic rings. The normalized spacial score (nSPS) is 16.8. The Balaban J connectivity index is 1.66. The van der Waals surface area contributed by atoms with Gasteiger partial charge in [-0.3, -0.25) is 4.79 Å². The van der Waals surface area contributed by atoms with Crippen molar-refractivity contribution in [3.63, 3.8) is 0 Å². The second-order valence-corrected chi connectivity index (χ2v) is 7.57. The second kappa shape index (κ2) is 8.49. The Labute approximate surface area is 155 Å². The number of carbonyl (C=O) groups is 2. The topological polar surface area (TPSA) is 59.5 Å². The van der Waals surface area contributed by atoms with Gasteiger partial charge in [0.25, 0.3) is 0 Å². The molecular formula is C18H20N2O3S2. The van der Waals surface area contributed by atoms with E-state index in [1.807, 2.05) is 16.3 Å². The number of esters is 1. The number of pyridine rings is 1. The number of ether oxygens (including phenoxy) is 1. The van der Waals surface area contributed by atoms with Gasteiger partial charge < -0.3 is 9.64 Å². The predicted molar refractivity (Wildman–Crippen MR) is 98.9 cm³/mol. The third kappa shape index (κ3) is 4.22. The standard InChI is InChI=1S/C18H20N2O3S2/c1-2-23-18(22)13-6-3-9-19-17(13)25-12-16(21)20-10-4-7-14(20)15-8-5-11-24-15/h3,5-6,8-9,11,14H,2,4,7,10,12H2,1H3. The maximum absolute atomic E-state index is 12.7. The van der Waals surface area contributed by atoms with E-state index in [2.05, 4.69) is 11.1 Å². The van der Waals surface area contributed by atoms with Crippen molar-refractivity contribution in [2.45, 2.75) is 30.8 Å². The van der Waals surface area contributed by atoms with Crippen molar-refractivity contribution in [1.82, 2.24) is 9.88 Å². The van der Waals surface area contributed by atoms with E-state index in [-0.39, 0.29) is 17.7 Å². The molecule has 0 aromatic carbocycles. The van der Waals surface area contributed by atoms with Crippen molar-refractivity contribution in [2.24, 2.45) is 0 Å². The van der Waals surface area contributed by atoms with Gasteiger partial charge in [0.15, 0.2) is 0 Å². The molecule has 1 unspecified atom stereocenters. The molecule has 0 aliphatic carbocycles. The summed E-state index contributed by atoms with van der Waals surface area (Å²) in [5.74, 6) is -0.0461. The van der Waals surface area contributed by atoms with Gasteiger partial charge in [-0.1, -0.05) is 17.8 Å². The summed E-state index contributed by atoms with van der Waals surface area (Å²) < 4.78 is 5.05. The van der Waals surface area contributed by atoms with Gasteiger partial charge >= 0.3 is 5.97 Å². The lowest BCUT2D eigenvalue weighted by Gasteiger charge is -2.23. The zero-order valence-electron chi connectivity index (χ0n) is 14.0. The highest BCUT2D eigenvalue weighted by atomic mass is 32.2. The smallest absolute Gasteiger partial charge is 0.340 e. The lowest BCUT2D eigenvalue weighted by molar-refractivity contribution is -0.129. The van der Waals surface area contributed by atoms with Crippen LogP contribution in [-0.4, -0.2) is 40.7 Å². The minimum absolute atomic E-state index is 0.0846. The lowest BCUT2D eigenvalue weighted by atomic mass is 10.2. The van der Waals surface area contributed by atoms with Gasteiger partial charge in [0.1, 0.15) is 5.03 Å². The van der Waals surface area contributed by atoms with Crippen LogP contribution in [0.5, 0.6) is 0 Å². The van der Waals surface area contributed by atoms with E-state index in [9.17, 15) is 9.59 Å². The SMILES string of the molecule is CCOC(=O)c1cccnc1SCC(=O)N1CCCC1c1cccs1. The fourth-order valence-corrected chi connectivity index (χ4v) is 4.67. The number of carbonyl (C=O) groups excluding carboxylic acids is 2. The molecule has 0 radical (unpaired) electrons. The Kier molecular flexibility index (Phi) is 6.09. The van der Waals surface area contributed by atoms with E-state index < -0.39 is 5.97 Å². The third-order valence-corrected chi connectivity index (χ3v) is 6.01. The highest BCUT2D eigenvalue weighted by Crippen LogP contribution is 2.35. The Morgan fingerprint density at radius 2 is 2.28 bits per heavy atom. The molecule has 3 rings (SSSR count). The van der Waals surface area contributed by atoms with Crippen LogP contribution in [0.15, 0.2) is 40.9 Å². The van der Waals surface area contributed by atoms with Gasteiger partial charge in [-0.25, -0.2) is 9.78 Å². The van der Waals surface area contributed by atoms with Gasteiger partial charge in [-0.05, 0) is 43.3 Å². The summed E-state index contributed by atoms with van der Waals surface area (Å²) in [5, 5.41) is 2.59. The van der Waals surface area contributed by atoms with Crippen LogP contribution in [0.3, 0.4) is 0 Å². The molecule has 5 nitrogen and oxygen atoms in total. The molecule has 0 saturated carbocycles. The van der Waals surface area contributed by atoms with E-state index >= 15 is 0 Å². The van der Waals surface area contributed by atoms with Crippen LogP contribution < -0.4 is 0 Å². The summed E-state index contributed by atoms with van der Waals surface area (Å²) in [5.41, 5.74) is 0.415. The first-order chi connectivity index (χ1) is 12.2. The minimum atomic E-state index is -0.400. The molecule has 1 fully saturated rings. The maximum Gasteiger partial charge on any atom is 0.340 e. The Bertz CT molecular complexity index is 734. The van der Waals surface area contributed by atoms with Crippen molar-refractivity contribution in [1.29, 1.82) is 0 Å². The van der Waals surface area contributed by atoms with E-state index in [0.717, 1.165) is 19.4 Å². The maximum atomic E-state index is 12.7. The van der Waals surface area contributed by atoms with Gasteiger partial charge in [-0.2, -0.15) is 0 Å². The third-order valence-electron chi connectivity index (χ3n) is 4.04. The molecule has 0 spiro atoms. The second-order valence-electron chi connectivity index (χ2n) is 5.63. The molecule has 1 amide bonds. The molecule has 3 heterocycles. The molecule has 7 heteroatoms. The van der Waals surface area contributed by atoms with E-state index in [4.69, 9.17) is 4.74 Å². The zero-order valence-corrected chi connectivity index (χ0v) is 15.6. The minimum Gasteiger partial charge on any atom is -0.462 e. The number of thiophene rings is 1. The van der Waals surface area contributed by atoms with Crippen LogP contribution in [-0.2, 0) is 9.53 Å². The van der Waals surface area contributed by atoms with Crippen LogP contribution >= 0.6 is 23.1 Å². The fourth-order valence-electron chi connectivity index (χ4n) is 2.92. The van der Waals surface area contributed by atoms with E-state index in [0.29, 0.717) is 17.2 Å². The first-order valence-corrected chi connectivity index (χ1v) is 10.1. The van der Waals surface area contributed by atoms with Gasteiger partial charge in [0.05, 0.1) is 24.0 Å². The average Bonchev–Trinajstić information content (AvgIpc) is 3.31. The quantitative estimate of drug-likeness (QED) is 0.567. The molecular weight excluding hydrogens is 356 g/mol. The highest BCUT2D eigenvalue weighted by Gasteiger charge is 2.30. The molecule has 2 aromatic rings. The molecule has 0 bridgehead atoms. The Morgan fingerprint density at radius 3 is 3.04 bits per heavy atom. The summed E-state index contributed by atoms with van der Waals surface area (Å²) in [6.07, 6.45) is 3.66. The molecule has 1 atom stereocenters. The highest BCUT2D eigenvalue weighted by molar-refractivity contribution is 8.00. The fraction of sp³-hybridized carbons (Fsp3) is 0.389. The van der Waals surface area contributed by atoms with Crippen molar-refractivity contribution in [3.8, 4) is 0 Å². The summed E-state index contributed by atoms with van der Waals surface area (Å²) >= 11 is 2.99. The van der Waals surface area contributed by atoms with Crippen molar-refractivity contribution in [2.75, 3.05) is 18.9 Å². The molecule has 132 valence electrons. The van der Waals surface area contributed by atoms with Crippen LogP contribution in [0.4, 0.5) is 0 Å². The monoisotopic (exact) mass is 376 g/mol. The van der Waals surface area contributed by atoms with Crippen molar-refractivity contribution >= 4 is 35.0 Å². The number of likely N-dealkylation sites (tertiary alicyclic amines) is 1. The predicted octanol–water partition coefficient (Wildman–Crippen LogP) is 3.78. The summed E-state index contributed by atoms with van der Waals surface area (Å²) in [6.45, 7) is 2.87. The zero-order chi connectivity index (χ0) is 17.6. The van der Waals surface area contributed by atoms with Gasteiger partial charge in [-0.15, -0.1) is 11.3 Å². The summed E-state index contributed by atoms with van der Waals surface area (Å²) in [6, 6.07) is 7.68. The summed E-state index contributed by atoms with van der Waals surface area (Å²) in [7, 11) is 0. The lowest BCUT2D eigenvalue weighted by Crippen LogP contribution is -2.31. The number of hydrogen-bond acceptors (Lipinski definition) is 6. The van der Waals surface area contributed by atoms with Crippen LogP contribution in [0, 0.1) is 0 Å². The molecule has 0 N–H and O–H groups in total. The number of hydrogen-bond donors (Lipinski definition) is 0. The van der Waals surface area contributed by atoms with Crippen molar-refractivity contribution < 1.29 is 14.3 Å². The first kappa shape index (κ1) is 17.9. The molecule has 25 heavy (non-hydrogen) atoms. The molecule has 2 aromatic heterocycles. The number of amides is 1. The van der Waals surface area contributed by atoms with E-state index in [1.54, 1.807) is 36.6 Å². The van der Waals surface area contributed by atoms with Gasteiger partial charge in [0, 0.05) is 17.6 Å². The van der Waals surface area contributed by atoms with Crippen LogP contribution in [0.1, 0.15) is 41.0 Å². The van der Waals surface area contributed by atoms with Gasteiger partial charge in [0.2, 0.25) is 5.91 Å². The van der Waals surface area contributed by atoms with Crippen LogP contribution in [0.2, 0.25) is 0 Å². The van der Waals surface area contributed by atoms with Crippen LogP contribution in [0.25, 0.3) is 0 Å². The summed E-state index contributed by atoms with van der Waals surface area (Å²) in [4.78, 5) is 32.1.